The van der Waals surface area contributed by atoms with E-state index in [0.717, 1.165) is 19.3 Å². The normalized spacial score (nSPS) is 24.6. The topological polar surface area (TPSA) is 70.6 Å². The first-order valence-electron chi connectivity index (χ1n) is 5.87. The Kier molecular flexibility index (Phi) is 6.37. The third-order valence-electron chi connectivity index (χ3n) is 3.05. The molecule has 0 aromatic rings. The van der Waals surface area contributed by atoms with Crippen LogP contribution in [0.25, 0.3) is 0 Å². The van der Waals surface area contributed by atoms with E-state index in [1.54, 1.807) is 7.11 Å². The summed E-state index contributed by atoms with van der Waals surface area (Å²) in [6.45, 7) is 1.62. The van der Waals surface area contributed by atoms with Crippen LogP contribution in [0, 0.1) is 5.92 Å². The summed E-state index contributed by atoms with van der Waals surface area (Å²) in [7, 11) is 1.61. The lowest BCUT2D eigenvalue weighted by Crippen LogP contribution is -2.42. The standard InChI is InChI=1S/C11H22N2O3/c1-16-6-5-12-11(15)7-13-10-4-2-3-9(10)8-14/h9-10,13-14H,2-8H2,1H3,(H,12,15). The number of rotatable bonds is 7. The summed E-state index contributed by atoms with van der Waals surface area (Å²) in [6.07, 6.45) is 3.24. The molecule has 2 atom stereocenters. The van der Waals surface area contributed by atoms with Crippen molar-refractivity contribution in [2.45, 2.75) is 25.3 Å². The third-order valence-corrected chi connectivity index (χ3v) is 3.05. The van der Waals surface area contributed by atoms with Gasteiger partial charge in [0, 0.05) is 26.3 Å². The number of hydrogen-bond donors (Lipinski definition) is 3. The fourth-order valence-corrected chi connectivity index (χ4v) is 2.10. The monoisotopic (exact) mass is 230 g/mol. The molecule has 0 aliphatic heterocycles. The summed E-state index contributed by atoms with van der Waals surface area (Å²) >= 11 is 0. The molecule has 0 aromatic carbocycles. The van der Waals surface area contributed by atoms with Gasteiger partial charge in [-0.25, -0.2) is 0 Å². The molecule has 1 saturated carbocycles. The van der Waals surface area contributed by atoms with Gasteiger partial charge < -0.3 is 20.5 Å². The van der Waals surface area contributed by atoms with E-state index in [2.05, 4.69) is 10.6 Å². The minimum Gasteiger partial charge on any atom is -0.396 e. The molecule has 1 aliphatic rings. The molecule has 0 heterocycles. The predicted molar refractivity (Wildman–Crippen MR) is 61.1 cm³/mol. The van der Waals surface area contributed by atoms with Gasteiger partial charge >= 0.3 is 0 Å². The van der Waals surface area contributed by atoms with Gasteiger partial charge in [0.05, 0.1) is 13.2 Å². The van der Waals surface area contributed by atoms with Crippen molar-refractivity contribution in [2.24, 2.45) is 5.92 Å². The Morgan fingerprint density at radius 1 is 1.50 bits per heavy atom. The number of ether oxygens (including phenoxy) is 1. The molecule has 0 saturated heterocycles. The van der Waals surface area contributed by atoms with Gasteiger partial charge in [0.15, 0.2) is 0 Å². The van der Waals surface area contributed by atoms with E-state index >= 15 is 0 Å². The molecule has 1 rings (SSSR count). The van der Waals surface area contributed by atoms with Gasteiger partial charge in [-0.1, -0.05) is 6.42 Å². The average Bonchev–Trinajstić information content (AvgIpc) is 2.74. The van der Waals surface area contributed by atoms with E-state index in [-0.39, 0.29) is 18.6 Å². The lowest BCUT2D eigenvalue weighted by atomic mass is 10.1. The van der Waals surface area contributed by atoms with Gasteiger partial charge in [-0.05, 0) is 18.8 Å². The summed E-state index contributed by atoms with van der Waals surface area (Å²) in [5, 5.41) is 15.1. The predicted octanol–water partition coefficient (Wildman–Crippen LogP) is -0.500. The zero-order valence-electron chi connectivity index (χ0n) is 9.87. The quantitative estimate of drug-likeness (QED) is 0.516. The molecule has 0 bridgehead atoms. The second-order valence-electron chi connectivity index (χ2n) is 4.20. The van der Waals surface area contributed by atoms with Crippen molar-refractivity contribution in [3.63, 3.8) is 0 Å². The van der Waals surface area contributed by atoms with Crippen LogP contribution in [0.1, 0.15) is 19.3 Å². The molecule has 1 fully saturated rings. The molecular formula is C11H22N2O3. The number of carbonyl (C=O) groups is 1. The Morgan fingerprint density at radius 3 is 3.00 bits per heavy atom. The van der Waals surface area contributed by atoms with Crippen LogP contribution in [0.15, 0.2) is 0 Å². The number of methoxy groups -OCH3 is 1. The molecule has 1 aliphatic carbocycles. The highest BCUT2D eigenvalue weighted by atomic mass is 16.5. The van der Waals surface area contributed by atoms with Gasteiger partial charge in [-0.3, -0.25) is 4.79 Å². The summed E-state index contributed by atoms with van der Waals surface area (Å²) in [4.78, 5) is 11.4. The molecule has 2 unspecified atom stereocenters. The van der Waals surface area contributed by atoms with E-state index in [1.165, 1.54) is 0 Å². The van der Waals surface area contributed by atoms with Gasteiger partial charge in [0.2, 0.25) is 5.91 Å². The van der Waals surface area contributed by atoms with Crippen molar-refractivity contribution >= 4 is 5.91 Å². The van der Waals surface area contributed by atoms with Crippen LogP contribution in [-0.4, -0.2) is 50.5 Å². The maximum atomic E-state index is 11.4. The number of aliphatic hydroxyl groups excluding tert-OH is 1. The summed E-state index contributed by atoms with van der Waals surface area (Å²) in [5.74, 6) is 0.299. The molecule has 94 valence electrons. The van der Waals surface area contributed by atoms with Gasteiger partial charge in [0.25, 0.3) is 0 Å². The Labute approximate surface area is 96.6 Å². The third kappa shape index (κ3) is 4.47. The first kappa shape index (κ1) is 13.4. The molecule has 3 N–H and O–H groups in total. The van der Waals surface area contributed by atoms with Crippen LogP contribution in [0.4, 0.5) is 0 Å². The fraction of sp³-hybridized carbons (Fsp3) is 0.909. The second-order valence-corrected chi connectivity index (χ2v) is 4.20. The Morgan fingerprint density at radius 2 is 2.31 bits per heavy atom. The van der Waals surface area contributed by atoms with Crippen molar-refractivity contribution in [2.75, 3.05) is 33.4 Å². The molecule has 16 heavy (non-hydrogen) atoms. The van der Waals surface area contributed by atoms with Crippen molar-refractivity contribution in [3.8, 4) is 0 Å². The molecule has 0 spiro atoms. The van der Waals surface area contributed by atoms with Crippen molar-refractivity contribution < 1.29 is 14.6 Å². The summed E-state index contributed by atoms with van der Waals surface area (Å²) < 4.78 is 4.84. The number of hydrogen-bond acceptors (Lipinski definition) is 4. The summed E-state index contributed by atoms with van der Waals surface area (Å²) in [6, 6.07) is 0.290. The molecule has 0 aromatic heterocycles. The lowest BCUT2D eigenvalue weighted by molar-refractivity contribution is -0.120. The molecular weight excluding hydrogens is 208 g/mol. The van der Waals surface area contributed by atoms with Gasteiger partial charge in [-0.2, -0.15) is 0 Å². The molecule has 5 heteroatoms. The number of amides is 1. The van der Waals surface area contributed by atoms with E-state index in [1.807, 2.05) is 0 Å². The van der Waals surface area contributed by atoms with Crippen molar-refractivity contribution in [1.82, 2.24) is 10.6 Å². The van der Waals surface area contributed by atoms with E-state index in [0.29, 0.717) is 25.6 Å². The zero-order chi connectivity index (χ0) is 11.8. The number of aliphatic hydroxyl groups is 1. The van der Waals surface area contributed by atoms with Crippen LogP contribution in [-0.2, 0) is 9.53 Å². The Balaban J connectivity index is 2.11. The second kappa shape index (κ2) is 7.60. The molecule has 1 amide bonds. The minimum absolute atomic E-state index is 0.0133. The first-order valence-corrected chi connectivity index (χ1v) is 5.87. The molecule has 5 nitrogen and oxygen atoms in total. The fourth-order valence-electron chi connectivity index (χ4n) is 2.10. The van der Waals surface area contributed by atoms with Crippen molar-refractivity contribution in [3.05, 3.63) is 0 Å². The van der Waals surface area contributed by atoms with Crippen LogP contribution in [0.3, 0.4) is 0 Å². The smallest absolute Gasteiger partial charge is 0.234 e. The van der Waals surface area contributed by atoms with E-state index < -0.39 is 0 Å². The minimum atomic E-state index is -0.0133. The van der Waals surface area contributed by atoms with Gasteiger partial charge in [0.1, 0.15) is 0 Å². The van der Waals surface area contributed by atoms with Gasteiger partial charge in [-0.15, -0.1) is 0 Å². The first-order chi connectivity index (χ1) is 7.77. The van der Waals surface area contributed by atoms with Crippen LogP contribution in [0.2, 0.25) is 0 Å². The highest BCUT2D eigenvalue weighted by Crippen LogP contribution is 2.24. The molecule has 0 radical (unpaired) electrons. The maximum absolute atomic E-state index is 11.4. The Hall–Kier alpha value is -0.650. The lowest BCUT2D eigenvalue weighted by Gasteiger charge is -2.18. The van der Waals surface area contributed by atoms with E-state index in [9.17, 15) is 4.79 Å². The summed E-state index contributed by atoms with van der Waals surface area (Å²) in [5.41, 5.74) is 0. The average molecular weight is 230 g/mol. The van der Waals surface area contributed by atoms with Crippen molar-refractivity contribution in [1.29, 1.82) is 0 Å². The van der Waals surface area contributed by atoms with Crippen LogP contribution in [0.5, 0.6) is 0 Å². The largest absolute Gasteiger partial charge is 0.396 e. The number of carbonyl (C=O) groups excluding carboxylic acids is 1. The van der Waals surface area contributed by atoms with Crippen LogP contribution < -0.4 is 10.6 Å². The highest BCUT2D eigenvalue weighted by Gasteiger charge is 2.26. The highest BCUT2D eigenvalue weighted by molar-refractivity contribution is 5.77. The Bertz CT molecular complexity index is 211. The zero-order valence-corrected chi connectivity index (χ0v) is 9.87. The number of nitrogens with one attached hydrogen (secondary N) is 2. The maximum Gasteiger partial charge on any atom is 0.234 e. The SMILES string of the molecule is COCCNC(=O)CNC1CCCC1CO. The van der Waals surface area contributed by atoms with E-state index in [4.69, 9.17) is 9.84 Å². The van der Waals surface area contributed by atoms with Crippen LogP contribution >= 0.6 is 0 Å².